The van der Waals surface area contributed by atoms with Gasteiger partial charge < -0.3 is 15.6 Å². The minimum absolute atomic E-state index is 0.0788. The summed E-state index contributed by atoms with van der Waals surface area (Å²) in [6.45, 7) is 5.24. The zero-order valence-electron chi connectivity index (χ0n) is 15.4. The number of anilines is 1. The second-order valence-electron chi connectivity index (χ2n) is 6.97. The second-order valence-corrected chi connectivity index (χ2v) is 6.97. The van der Waals surface area contributed by atoms with Crippen molar-refractivity contribution in [2.45, 2.75) is 38.5 Å². The van der Waals surface area contributed by atoms with E-state index in [9.17, 15) is 18.3 Å². The maximum absolute atomic E-state index is 12.6. The van der Waals surface area contributed by atoms with Gasteiger partial charge in [0.05, 0.1) is 16.7 Å². The van der Waals surface area contributed by atoms with Gasteiger partial charge in [-0.05, 0) is 44.9 Å². The molecule has 7 nitrogen and oxygen atoms in total. The van der Waals surface area contributed by atoms with Crippen LogP contribution in [0.15, 0.2) is 30.6 Å². The maximum Gasteiger partial charge on any atom is 0.416 e. The Morgan fingerprint density at radius 2 is 2.00 bits per heavy atom. The van der Waals surface area contributed by atoms with Crippen LogP contribution in [-0.2, 0) is 10.9 Å². The largest absolute Gasteiger partial charge is 0.507 e. The van der Waals surface area contributed by atoms with E-state index < -0.39 is 17.5 Å². The summed E-state index contributed by atoms with van der Waals surface area (Å²) in [6.07, 6.45) is 0.902. The number of fused-ring (bicyclic) bond motifs is 1. The number of aromatic nitrogens is 4. The molecule has 0 saturated carbocycles. The van der Waals surface area contributed by atoms with E-state index in [1.54, 1.807) is 0 Å². The molecule has 3 aromatic rings. The molecule has 1 aliphatic heterocycles. The number of phenolic OH excluding ortho intramolecular Hbond substituents is 1. The summed E-state index contributed by atoms with van der Waals surface area (Å²) in [5.74, 6) is -0.336. The third kappa shape index (κ3) is 4.16. The van der Waals surface area contributed by atoms with E-state index in [4.69, 9.17) is 10.5 Å². The number of phenols is 1. The summed E-state index contributed by atoms with van der Waals surface area (Å²) >= 11 is 0. The van der Waals surface area contributed by atoms with E-state index in [1.807, 2.05) is 0 Å². The van der Waals surface area contributed by atoms with Crippen LogP contribution in [0.25, 0.3) is 17.0 Å². The number of halogens is 3. The second kappa shape index (κ2) is 7.27. The van der Waals surface area contributed by atoms with Gasteiger partial charge in [-0.15, -0.1) is 10.2 Å². The van der Waals surface area contributed by atoms with E-state index in [0.717, 1.165) is 18.7 Å². The molecule has 0 unspecified atom stereocenters. The number of hydrogen-bond donors (Lipinski definition) is 2. The third-order valence-corrected chi connectivity index (χ3v) is 4.33. The van der Waals surface area contributed by atoms with Crippen LogP contribution in [0.2, 0.25) is 0 Å². The SMILES string of the molecule is CC1(C)CCCO1.Nc1nnc(-c2ccc(C(F)(F)F)cc2O)n2ccnc12. The highest BCUT2D eigenvalue weighted by Gasteiger charge is 2.31. The highest BCUT2D eigenvalue weighted by atomic mass is 19.4. The third-order valence-electron chi connectivity index (χ3n) is 4.33. The number of imidazole rings is 1. The molecular formula is C18H20F3N5O2. The Bertz CT molecular complexity index is 977. The van der Waals surface area contributed by atoms with Gasteiger partial charge in [0.25, 0.3) is 0 Å². The molecule has 1 aliphatic rings. The predicted octanol–water partition coefficient (Wildman–Crippen LogP) is 3.67. The fourth-order valence-corrected chi connectivity index (χ4v) is 2.86. The van der Waals surface area contributed by atoms with Gasteiger partial charge in [0, 0.05) is 19.0 Å². The van der Waals surface area contributed by atoms with Crippen molar-refractivity contribution >= 4 is 11.5 Å². The number of aromatic hydroxyl groups is 1. The van der Waals surface area contributed by atoms with Crippen molar-refractivity contribution in [2.75, 3.05) is 12.3 Å². The molecule has 0 atom stereocenters. The Morgan fingerprint density at radius 1 is 1.25 bits per heavy atom. The zero-order chi connectivity index (χ0) is 20.5. The van der Waals surface area contributed by atoms with Crippen LogP contribution in [0.4, 0.5) is 19.0 Å². The van der Waals surface area contributed by atoms with Crippen LogP contribution in [0, 0.1) is 0 Å². The number of alkyl halides is 3. The standard InChI is InChI=1S/C12H8F3N5O.C6H12O/c13-12(14,15)6-1-2-7(8(21)5-6)10-19-18-9(16)11-17-3-4-20(10)11;1-6(2)4-3-5-7-6/h1-5,21H,(H2,16,18);3-5H2,1-2H3. The molecule has 0 spiro atoms. The Morgan fingerprint density at radius 3 is 2.54 bits per heavy atom. The Kier molecular flexibility index (Phi) is 5.16. The molecule has 3 N–H and O–H groups in total. The lowest BCUT2D eigenvalue weighted by molar-refractivity contribution is -0.137. The van der Waals surface area contributed by atoms with Gasteiger partial charge in [-0.1, -0.05) is 0 Å². The summed E-state index contributed by atoms with van der Waals surface area (Å²) in [7, 11) is 0. The van der Waals surface area contributed by atoms with Crippen molar-refractivity contribution < 1.29 is 23.0 Å². The maximum atomic E-state index is 12.6. The fourth-order valence-electron chi connectivity index (χ4n) is 2.86. The topological polar surface area (TPSA) is 98.6 Å². The van der Waals surface area contributed by atoms with Crippen molar-refractivity contribution in [1.29, 1.82) is 0 Å². The van der Waals surface area contributed by atoms with Crippen LogP contribution in [0.1, 0.15) is 32.3 Å². The van der Waals surface area contributed by atoms with Crippen molar-refractivity contribution in [2.24, 2.45) is 0 Å². The van der Waals surface area contributed by atoms with Crippen LogP contribution in [0.5, 0.6) is 5.75 Å². The summed E-state index contributed by atoms with van der Waals surface area (Å²) in [5.41, 5.74) is 5.24. The molecular weight excluding hydrogens is 375 g/mol. The first-order valence-corrected chi connectivity index (χ1v) is 8.58. The minimum Gasteiger partial charge on any atom is -0.507 e. The van der Waals surface area contributed by atoms with E-state index >= 15 is 0 Å². The van der Waals surface area contributed by atoms with Gasteiger partial charge >= 0.3 is 6.18 Å². The van der Waals surface area contributed by atoms with Crippen molar-refractivity contribution in [1.82, 2.24) is 19.6 Å². The van der Waals surface area contributed by atoms with Gasteiger partial charge in [-0.25, -0.2) is 4.98 Å². The van der Waals surface area contributed by atoms with Crippen LogP contribution >= 0.6 is 0 Å². The Balaban J connectivity index is 0.000000271. The zero-order valence-corrected chi connectivity index (χ0v) is 15.4. The lowest BCUT2D eigenvalue weighted by atomic mass is 10.1. The van der Waals surface area contributed by atoms with Crippen LogP contribution in [-0.4, -0.2) is 36.9 Å². The summed E-state index contributed by atoms with van der Waals surface area (Å²) in [5, 5.41) is 17.3. The average Bonchev–Trinajstić information content (AvgIpc) is 3.25. The van der Waals surface area contributed by atoms with E-state index in [-0.39, 0.29) is 22.8 Å². The van der Waals surface area contributed by atoms with Crippen molar-refractivity contribution in [3.05, 3.63) is 36.2 Å². The van der Waals surface area contributed by atoms with Crippen LogP contribution in [0.3, 0.4) is 0 Å². The molecule has 0 bridgehead atoms. The number of nitrogen functional groups attached to an aromatic ring is 1. The molecule has 0 radical (unpaired) electrons. The van der Waals surface area contributed by atoms with Crippen LogP contribution < -0.4 is 5.73 Å². The molecule has 1 fully saturated rings. The number of rotatable bonds is 1. The number of benzene rings is 1. The van der Waals surface area contributed by atoms with E-state index in [2.05, 4.69) is 29.0 Å². The molecule has 2 aromatic heterocycles. The minimum atomic E-state index is -4.53. The number of nitrogens with two attached hydrogens (primary N) is 1. The fraction of sp³-hybridized carbons (Fsp3) is 0.389. The van der Waals surface area contributed by atoms with E-state index in [0.29, 0.717) is 11.7 Å². The van der Waals surface area contributed by atoms with Gasteiger partial charge in [0.15, 0.2) is 17.3 Å². The molecule has 0 amide bonds. The van der Waals surface area contributed by atoms with Gasteiger partial charge in [-0.3, -0.25) is 4.40 Å². The smallest absolute Gasteiger partial charge is 0.416 e. The molecule has 150 valence electrons. The summed E-state index contributed by atoms with van der Waals surface area (Å²) < 4.78 is 44.5. The van der Waals surface area contributed by atoms with Gasteiger partial charge in [-0.2, -0.15) is 13.2 Å². The molecule has 28 heavy (non-hydrogen) atoms. The molecule has 1 saturated heterocycles. The lowest BCUT2D eigenvalue weighted by Crippen LogP contribution is -2.15. The normalized spacial score (nSPS) is 16.0. The highest BCUT2D eigenvalue weighted by Crippen LogP contribution is 2.36. The van der Waals surface area contributed by atoms with Gasteiger partial charge in [0.1, 0.15) is 5.75 Å². The number of nitrogens with zero attached hydrogens (tertiary/aromatic N) is 4. The van der Waals surface area contributed by atoms with Crippen molar-refractivity contribution in [3.63, 3.8) is 0 Å². The molecule has 10 heteroatoms. The Labute approximate surface area is 159 Å². The molecule has 1 aromatic carbocycles. The van der Waals surface area contributed by atoms with Crippen molar-refractivity contribution in [3.8, 4) is 17.1 Å². The molecule has 4 rings (SSSR count). The Hall–Kier alpha value is -2.88. The van der Waals surface area contributed by atoms with E-state index in [1.165, 1.54) is 29.6 Å². The first kappa shape index (κ1) is 19.9. The number of ether oxygens (including phenoxy) is 1. The molecule has 3 heterocycles. The molecule has 0 aliphatic carbocycles. The first-order chi connectivity index (χ1) is 13.1. The first-order valence-electron chi connectivity index (χ1n) is 8.58. The summed E-state index contributed by atoms with van der Waals surface area (Å²) in [6, 6.07) is 2.61. The quantitative estimate of drug-likeness (QED) is 0.652. The lowest BCUT2D eigenvalue weighted by Gasteiger charge is -2.14. The van der Waals surface area contributed by atoms with Gasteiger partial charge in [0.2, 0.25) is 0 Å². The monoisotopic (exact) mass is 395 g/mol. The average molecular weight is 395 g/mol. The number of hydrogen-bond acceptors (Lipinski definition) is 6. The predicted molar refractivity (Wildman–Crippen MR) is 96.6 cm³/mol. The summed E-state index contributed by atoms with van der Waals surface area (Å²) in [4.78, 5) is 3.96. The highest BCUT2D eigenvalue weighted by molar-refractivity contribution is 5.70.